The van der Waals surface area contributed by atoms with E-state index in [-0.39, 0.29) is 0 Å². The first kappa shape index (κ1) is 11.8. The van der Waals surface area contributed by atoms with Crippen LogP contribution in [0.15, 0.2) is 18.2 Å². The second-order valence-electron chi connectivity index (χ2n) is 3.20. The Hall–Kier alpha value is -2.28. The third kappa shape index (κ3) is 2.61. The predicted molar refractivity (Wildman–Crippen MR) is 59.1 cm³/mol. The molecule has 16 heavy (non-hydrogen) atoms. The Labute approximate surface area is 93.4 Å². The number of nitrogens with zero attached hydrogens (tertiary/aromatic N) is 1. The number of carboxylic acids is 1. The second-order valence-corrected chi connectivity index (χ2v) is 3.20. The van der Waals surface area contributed by atoms with E-state index in [1.165, 1.54) is 13.2 Å². The monoisotopic (exact) mass is 217 g/mol. The first-order valence-electron chi connectivity index (χ1n) is 4.58. The Balaban J connectivity index is 3.29. The first-order chi connectivity index (χ1) is 7.58. The van der Waals surface area contributed by atoms with Gasteiger partial charge >= 0.3 is 5.97 Å². The Bertz CT molecular complexity index is 484. The number of benzene rings is 1. The lowest BCUT2D eigenvalue weighted by Gasteiger charge is -2.08. The van der Waals surface area contributed by atoms with E-state index in [0.717, 1.165) is 11.6 Å². The number of carbonyl (C=O) groups is 1. The number of aliphatic carboxylic acids is 1. The third-order valence-corrected chi connectivity index (χ3v) is 2.04. The minimum atomic E-state index is -1.04. The molecule has 0 saturated heterocycles. The maximum absolute atomic E-state index is 10.4. The predicted octanol–water partition coefficient (Wildman–Crippen LogP) is 1.97. The van der Waals surface area contributed by atoms with Gasteiger partial charge in [-0.3, -0.25) is 0 Å². The van der Waals surface area contributed by atoms with Crippen LogP contribution in [-0.2, 0) is 4.79 Å². The van der Waals surface area contributed by atoms with Crippen LogP contribution >= 0.6 is 0 Å². The SMILES string of the molecule is COc1c(C)cc(C#N)cc1/C=C/C(=O)O. The summed E-state index contributed by atoms with van der Waals surface area (Å²) in [4.78, 5) is 10.4. The average molecular weight is 217 g/mol. The maximum atomic E-state index is 10.4. The largest absolute Gasteiger partial charge is 0.496 e. The highest BCUT2D eigenvalue weighted by Crippen LogP contribution is 2.26. The lowest BCUT2D eigenvalue weighted by atomic mass is 10.0. The van der Waals surface area contributed by atoms with E-state index in [4.69, 9.17) is 15.1 Å². The van der Waals surface area contributed by atoms with E-state index in [1.807, 2.05) is 6.07 Å². The maximum Gasteiger partial charge on any atom is 0.328 e. The second kappa shape index (κ2) is 4.99. The molecular weight excluding hydrogens is 206 g/mol. The van der Waals surface area contributed by atoms with Crippen LogP contribution in [0.2, 0.25) is 0 Å². The van der Waals surface area contributed by atoms with Crippen molar-refractivity contribution < 1.29 is 14.6 Å². The Kier molecular flexibility index (Phi) is 3.67. The Morgan fingerprint density at radius 3 is 2.75 bits per heavy atom. The minimum Gasteiger partial charge on any atom is -0.496 e. The van der Waals surface area contributed by atoms with Gasteiger partial charge in [0.05, 0.1) is 18.7 Å². The zero-order valence-corrected chi connectivity index (χ0v) is 9.02. The van der Waals surface area contributed by atoms with Gasteiger partial charge < -0.3 is 9.84 Å². The summed E-state index contributed by atoms with van der Waals surface area (Å²) in [5.41, 5.74) is 1.86. The van der Waals surface area contributed by atoms with Crippen molar-refractivity contribution in [3.8, 4) is 11.8 Å². The summed E-state index contributed by atoms with van der Waals surface area (Å²) in [5.74, 6) is -0.460. The number of nitriles is 1. The topological polar surface area (TPSA) is 70.3 Å². The molecule has 0 unspecified atom stereocenters. The molecule has 82 valence electrons. The summed E-state index contributed by atoms with van der Waals surface area (Å²) in [6, 6.07) is 5.29. The first-order valence-corrected chi connectivity index (χ1v) is 4.58. The van der Waals surface area contributed by atoms with E-state index in [0.29, 0.717) is 16.9 Å². The van der Waals surface area contributed by atoms with Crippen LogP contribution in [0.25, 0.3) is 6.08 Å². The number of hydrogen-bond donors (Lipinski definition) is 1. The molecule has 0 amide bonds. The minimum absolute atomic E-state index is 0.475. The van der Waals surface area contributed by atoms with Crippen LogP contribution in [-0.4, -0.2) is 18.2 Å². The fraction of sp³-hybridized carbons (Fsp3) is 0.167. The smallest absolute Gasteiger partial charge is 0.328 e. The van der Waals surface area contributed by atoms with Crippen molar-refractivity contribution in [1.29, 1.82) is 5.26 Å². The van der Waals surface area contributed by atoms with E-state index < -0.39 is 5.97 Å². The molecular formula is C12H11NO3. The molecule has 1 rings (SSSR count). The standard InChI is InChI=1S/C12H11NO3/c1-8-5-9(7-13)6-10(12(8)16-2)3-4-11(14)15/h3-6H,1-2H3,(H,14,15)/b4-3+. The molecule has 0 fully saturated rings. The highest BCUT2D eigenvalue weighted by atomic mass is 16.5. The summed E-state index contributed by atoms with van der Waals surface area (Å²) in [7, 11) is 1.51. The molecule has 0 saturated carbocycles. The molecule has 0 heterocycles. The van der Waals surface area contributed by atoms with Gasteiger partial charge in [-0.25, -0.2) is 4.79 Å². The number of methoxy groups -OCH3 is 1. The van der Waals surface area contributed by atoms with Crippen LogP contribution in [0.5, 0.6) is 5.75 Å². The number of carboxylic acid groups (broad SMARTS) is 1. The summed E-state index contributed by atoms with van der Waals surface area (Å²) >= 11 is 0. The van der Waals surface area contributed by atoms with Crippen LogP contribution in [0.4, 0.5) is 0 Å². The molecule has 4 nitrogen and oxygen atoms in total. The molecule has 0 aliphatic heterocycles. The van der Waals surface area contributed by atoms with Gasteiger partial charge in [-0.05, 0) is 30.7 Å². The van der Waals surface area contributed by atoms with Crippen molar-refractivity contribution in [1.82, 2.24) is 0 Å². The molecule has 0 aliphatic rings. The Morgan fingerprint density at radius 2 is 2.25 bits per heavy atom. The lowest BCUT2D eigenvalue weighted by molar-refractivity contribution is -0.131. The zero-order chi connectivity index (χ0) is 12.1. The molecule has 0 aromatic heterocycles. The van der Waals surface area contributed by atoms with Crippen molar-refractivity contribution in [3.63, 3.8) is 0 Å². The van der Waals surface area contributed by atoms with Crippen LogP contribution in [0, 0.1) is 18.3 Å². The molecule has 0 aliphatic carbocycles. The number of hydrogen-bond acceptors (Lipinski definition) is 3. The summed E-state index contributed by atoms with van der Waals surface area (Å²) in [5, 5.41) is 17.3. The quantitative estimate of drug-likeness (QED) is 0.786. The van der Waals surface area contributed by atoms with Gasteiger partial charge in [0.25, 0.3) is 0 Å². The lowest BCUT2D eigenvalue weighted by Crippen LogP contribution is -1.93. The van der Waals surface area contributed by atoms with Crippen LogP contribution in [0.3, 0.4) is 0 Å². The number of aryl methyl sites for hydroxylation is 1. The van der Waals surface area contributed by atoms with Gasteiger partial charge in [0.15, 0.2) is 0 Å². The summed E-state index contributed by atoms with van der Waals surface area (Å²) in [6.45, 7) is 1.80. The van der Waals surface area contributed by atoms with Gasteiger partial charge in [-0.15, -0.1) is 0 Å². The van der Waals surface area contributed by atoms with Crippen LogP contribution in [0.1, 0.15) is 16.7 Å². The van der Waals surface area contributed by atoms with Crippen molar-refractivity contribution in [2.45, 2.75) is 6.92 Å². The molecule has 1 N–H and O–H groups in total. The fourth-order valence-electron chi connectivity index (χ4n) is 1.43. The van der Waals surface area contributed by atoms with Crippen molar-refractivity contribution in [3.05, 3.63) is 34.9 Å². The summed E-state index contributed by atoms with van der Waals surface area (Å²) in [6.07, 6.45) is 2.42. The highest BCUT2D eigenvalue weighted by Gasteiger charge is 2.06. The van der Waals surface area contributed by atoms with Gasteiger partial charge in [0.1, 0.15) is 5.75 Å². The molecule has 0 atom stereocenters. The van der Waals surface area contributed by atoms with Crippen molar-refractivity contribution >= 4 is 12.0 Å². The van der Waals surface area contributed by atoms with Gasteiger partial charge in [0, 0.05) is 11.6 Å². The third-order valence-electron chi connectivity index (χ3n) is 2.04. The van der Waals surface area contributed by atoms with E-state index in [1.54, 1.807) is 19.1 Å². The fourth-order valence-corrected chi connectivity index (χ4v) is 1.43. The van der Waals surface area contributed by atoms with E-state index in [2.05, 4.69) is 0 Å². The van der Waals surface area contributed by atoms with Gasteiger partial charge in [-0.1, -0.05) is 0 Å². The van der Waals surface area contributed by atoms with Crippen LogP contribution < -0.4 is 4.74 Å². The molecule has 0 bridgehead atoms. The van der Waals surface area contributed by atoms with Crippen molar-refractivity contribution in [2.24, 2.45) is 0 Å². The van der Waals surface area contributed by atoms with Gasteiger partial charge in [-0.2, -0.15) is 5.26 Å². The van der Waals surface area contributed by atoms with Gasteiger partial charge in [0.2, 0.25) is 0 Å². The summed E-state index contributed by atoms with van der Waals surface area (Å²) < 4.78 is 5.15. The molecule has 0 spiro atoms. The average Bonchev–Trinajstić information content (AvgIpc) is 2.25. The molecule has 1 aromatic carbocycles. The molecule has 1 aromatic rings. The van der Waals surface area contributed by atoms with Crippen molar-refractivity contribution in [2.75, 3.05) is 7.11 Å². The zero-order valence-electron chi connectivity index (χ0n) is 9.02. The molecule has 4 heteroatoms. The Morgan fingerprint density at radius 1 is 1.56 bits per heavy atom. The number of rotatable bonds is 3. The van der Waals surface area contributed by atoms with E-state index in [9.17, 15) is 4.79 Å². The number of ether oxygens (including phenoxy) is 1. The van der Waals surface area contributed by atoms with E-state index >= 15 is 0 Å². The molecule has 0 radical (unpaired) electrons. The highest BCUT2D eigenvalue weighted by molar-refractivity contribution is 5.86. The normalized spacial score (nSPS) is 10.1.